The zero-order valence-corrected chi connectivity index (χ0v) is 29.2. The highest BCUT2D eigenvalue weighted by Crippen LogP contribution is 2.34. The molecular weight excluding hydrogens is 620 g/mol. The molecule has 0 fully saturated rings. The Labute approximate surface area is 275 Å². The largest absolute Gasteiger partial charge is 1.00 e. The van der Waals surface area contributed by atoms with Crippen LogP contribution in [-0.2, 0) is 16.8 Å². The molecule has 3 aromatic rings. The standard InChI is InChI=1S/C36H52N2O3S.BrH/c1-5-6-7-8-9-10-11-12-13-14-15-16-24-40-34-22-21-32(26-33(34)36(2,3)4)41-28-35(39)37-31-19-17-30(18-20-31)27-38-23-25-42-29-38;/h17-23,25-26,29H,5-16,24,27-28H2,1-4H3;1H. The van der Waals surface area contributed by atoms with Crippen molar-refractivity contribution in [1.82, 2.24) is 0 Å². The summed E-state index contributed by atoms with van der Waals surface area (Å²) < 4.78 is 14.2. The molecule has 5 nitrogen and oxygen atoms in total. The lowest BCUT2D eigenvalue weighted by atomic mass is 9.86. The molecule has 2 aromatic carbocycles. The van der Waals surface area contributed by atoms with E-state index in [0.717, 1.165) is 36.6 Å². The number of rotatable bonds is 20. The van der Waals surface area contributed by atoms with E-state index in [1.165, 1.54) is 76.2 Å². The summed E-state index contributed by atoms with van der Waals surface area (Å²) in [5.74, 6) is 1.40. The molecule has 0 atom stereocenters. The predicted molar refractivity (Wildman–Crippen MR) is 176 cm³/mol. The molecule has 0 saturated carbocycles. The number of unbranched alkanes of at least 4 members (excludes halogenated alkanes) is 11. The smallest absolute Gasteiger partial charge is 0.262 e. The Morgan fingerprint density at radius 2 is 1.47 bits per heavy atom. The minimum atomic E-state index is -0.181. The van der Waals surface area contributed by atoms with E-state index in [-0.39, 0.29) is 34.9 Å². The lowest BCUT2D eigenvalue weighted by Crippen LogP contribution is -3.00. The van der Waals surface area contributed by atoms with Gasteiger partial charge in [0.05, 0.1) is 12.0 Å². The van der Waals surface area contributed by atoms with Gasteiger partial charge < -0.3 is 31.8 Å². The maximum Gasteiger partial charge on any atom is 0.262 e. The molecule has 1 heterocycles. The van der Waals surface area contributed by atoms with Crippen LogP contribution in [0.1, 0.15) is 116 Å². The van der Waals surface area contributed by atoms with Crippen molar-refractivity contribution >= 4 is 22.9 Å². The maximum absolute atomic E-state index is 12.6. The third-order valence-corrected chi connectivity index (χ3v) is 8.19. The molecule has 1 aromatic heterocycles. The van der Waals surface area contributed by atoms with Crippen LogP contribution in [-0.4, -0.2) is 19.1 Å². The second kappa shape index (κ2) is 20.6. The number of benzene rings is 2. The van der Waals surface area contributed by atoms with Crippen LogP contribution in [0.25, 0.3) is 0 Å². The van der Waals surface area contributed by atoms with Gasteiger partial charge in [0.1, 0.15) is 11.5 Å². The fraction of sp³-hybridized carbons (Fsp3) is 0.556. The molecule has 43 heavy (non-hydrogen) atoms. The van der Waals surface area contributed by atoms with E-state index in [9.17, 15) is 4.79 Å². The van der Waals surface area contributed by atoms with Crippen LogP contribution in [0.2, 0.25) is 0 Å². The number of aromatic nitrogens is 1. The fourth-order valence-electron chi connectivity index (χ4n) is 5.04. The molecule has 0 unspecified atom stereocenters. The molecule has 0 aliphatic rings. The van der Waals surface area contributed by atoms with E-state index in [1.807, 2.05) is 42.5 Å². The van der Waals surface area contributed by atoms with E-state index in [0.29, 0.717) is 5.75 Å². The molecule has 1 N–H and O–H groups in total. The SMILES string of the molecule is CCCCCCCCCCCCCCOc1ccc(OCC(=O)Nc2ccc(C[n+]3ccsc3)cc2)cc1C(C)(C)C.[Br-]. The van der Waals surface area contributed by atoms with Crippen LogP contribution in [0.5, 0.6) is 11.5 Å². The minimum Gasteiger partial charge on any atom is -1.00 e. The van der Waals surface area contributed by atoms with Crippen molar-refractivity contribution in [1.29, 1.82) is 0 Å². The first-order valence-corrected chi connectivity index (χ1v) is 17.0. The van der Waals surface area contributed by atoms with Gasteiger partial charge in [0, 0.05) is 16.8 Å². The van der Waals surface area contributed by atoms with Crippen molar-refractivity contribution in [2.75, 3.05) is 18.5 Å². The van der Waals surface area contributed by atoms with Crippen LogP contribution in [0.4, 0.5) is 5.69 Å². The predicted octanol–water partition coefficient (Wildman–Crippen LogP) is 6.48. The van der Waals surface area contributed by atoms with Gasteiger partial charge in [-0.3, -0.25) is 4.79 Å². The maximum atomic E-state index is 12.6. The highest BCUT2D eigenvalue weighted by Gasteiger charge is 2.20. The Balaban J connectivity index is 0.00000645. The summed E-state index contributed by atoms with van der Waals surface area (Å²) in [6.45, 7) is 10.3. The van der Waals surface area contributed by atoms with Crippen LogP contribution in [0.3, 0.4) is 0 Å². The van der Waals surface area contributed by atoms with Crippen LogP contribution >= 0.6 is 11.3 Å². The number of anilines is 1. The van der Waals surface area contributed by atoms with Crippen molar-refractivity contribution in [3.8, 4) is 11.5 Å². The average molecular weight is 674 g/mol. The van der Waals surface area contributed by atoms with Crippen molar-refractivity contribution in [3.05, 3.63) is 70.7 Å². The monoisotopic (exact) mass is 672 g/mol. The first-order chi connectivity index (χ1) is 20.3. The second-order valence-corrected chi connectivity index (χ2v) is 13.1. The van der Waals surface area contributed by atoms with Crippen molar-refractivity contribution in [2.45, 2.75) is 117 Å². The number of nitrogens with one attached hydrogen (secondary N) is 1. The molecular formula is C36H53BrN2O3S. The Morgan fingerprint density at radius 1 is 0.837 bits per heavy atom. The van der Waals surface area contributed by atoms with E-state index >= 15 is 0 Å². The summed E-state index contributed by atoms with van der Waals surface area (Å²) in [4.78, 5) is 12.6. The third kappa shape index (κ3) is 14.8. The number of nitrogens with zero attached hydrogens (tertiary/aromatic N) is 1. The summed E-state index contributed by atoms with van der Waals surface area (Å²) in [6, 6.07) is 13.8. The summed E-state index contributed by atoms with van der Waals surface area (Å²) in [6.07, 6.45) is 18.1. The van der Waals surface area contributed by atoms with E-state index in [2.05, 4.69) is 54.7 Å². The van der Waals surface area contributed by atoms with Gasteiger partial charge in [-0.05, 0) is 42.2 Å². The molecule has 1 amide bonds. The van der Waals surface area contributed by atoms with Gasteiger partial charge in [0.25, 0.3) is 5.91 Å². The van der Waals surface area contributed by atoms with Gasteiger partial charge in [-0.15, -0.1) is 0 Å². The average Bonchev–Trinajstić information content (AvgIpc) is 3.48. The van der Waals surface area contributed by atoms with Crippen molar-refractivity contribution in [3.63, 3.8) is 0 Å². The van der Waals surface area contributed by atoms with E-state index < -0.39 is 0 Å². The molecule has 7 heteroatoms. The Bertz CT molecular complexity index is 1160. The number of halogens is 1. The van der Waals surface area contributed by atoms with Gasteiger partial charge in [-0.25, -0.2) is 0 Å². The molecule has 0 saturated heterocycles. The third-order valence-electron chi connectivity index (χ3n) is 7.51. The molecule has 0 aliphatic heterocycles. The molecule has 0 bridgehead atoms. The Kier molecular flexibility index (Phi) is 17.6. The van der Waals surface area contributed by atoms with Crippen LogP contribution in [0.15, 0.2) is 59.6 Å². The fourth-order valence-corrected chi connectivity index (χ4v) is 5.64. The number of carbonyl (C=O) groups is 1. The van der Waals surface area contributed by atoms with Crippen molar-refractivity contribution < 1.29 is 35.8 Å². The van der Waals surface area contributed by atoms with Gasteiger partial charge in [0.2, 0.25) is 5.51 Å². The first kappa shape index (κ1) is 36.8. The summed E-state index contributed by atoms with van der Waals surface area (Å²) >= 11 is 1.67. The van der Waals surface area contributed by atoms with Crippen molar-refractivity contribution in [2.24, 2.45) is 0 Å². The lowest BCUT2D eigenvalue weighted by Gasteiger charge is -2.24. The molecule has 238 valence electrons. The van der Waals surface area contributed by atoms with Gasteiger partial charge in [-0.1, -0.05) is 122 Å². The molecule has 0 radical (unpaired) electrons. The lowest BCUT2D eigenvalue weighted by molar-refractivity contribution is -0.683. The van der Waals surface area contributed by atoms with E-state index in [4.69, 9.17) is 9.47 Å². The zero-order chi connectivity index (χ0) is 30.0. The van der Waals surface area contributed by atoms with Gasteiger partial charge in [0.15, 0.2) is 19.3 Å². The van der Waals surface area contributed by atoms with Gasteiger partial charge >= 0.3 is 0 Å². The van der Waals surface area contributed by atoms with Crippen LogP contribution < -0.4 is 36.3 Å². The van der Waals surface area contributed by atoms with E-state index in [1.54, 1.807) is 11.3 Å². The minimum absolute atomic E-state index is 0. The van der Waals surface area contributed by atoms with Gasteiger partial charge in [-0.2, -0.15) is 4.57 Å². The molecule has 3 rings (SSSR count). The highest BCUT2D eigenvalue weighted by atomic mass is 79.9. The Morgan fingerprint density at radius 3 is 2.05 bits per heavy atom. The number of amides is 1. The number of thiazole rings is 1. The highest BCUT2D eigenvalue weighted by molar-refractivity contribution is 7.07. The zero-order valence-electron chi connectivity index (χ0n) is 26.8. The molecule has 0 aliphatic carbocycles. The normalized spacial score (nSPS) is 11.2. The summed E-state index contributed by atoms with van der Waals surface area (Å²) in [5, 5.41) is 4.98. The number of carbonyl (C=O) groups excluding carboxylic acids is 1. The summed E-state index contributed by atoms with van der Waals surface area (Å²) in [7, 11) is 0. The summed E-state index contributed by atoms with van der Waals surface area (Å²) in [5.41, 5.74) is 5.02. The number of hydrogen-bond donors (Lipinski definition) is 1. The molecule has 0 spiro atoms. The topological polar surface area (TPSA) is 51.4 Å². The first-order valence-electron chi connectivity index (χ1n) is 16.1. The Hall–Kier alpha value is -2.38. The second-order valence-electron chi connectivity index (χ2n) is 12.4. The number of ether oxygens (including phenoxy) is 2. The quantitative estimate of drug-likeness (QED) is 0.110. The van der Waals surface area contributed by atoms with Crippen LogP contribution in [0, 0.1) is 0 Å². The number of hydrogen-bond acceptors (Lipinski definition) is 4.